The van der Waals surface area contributed by atoms with Gasteiger partial charge in [0.15, 0.2) is 0 Å². The van der Waals surface area contributed by atoms with Gasteiger partial charge in [0.05, 0.1) is 26.4 Å². The molecule has 0 aliphatic heterocycles. The van der Waals surface area contributed by atoms with Crippen LogP contribution in [0.3, 0.4) is 0 Å². The SMILES string of the molecule is CC/C=C/C=C/C=C/CCCCCCCCCC(=O)OCC(O)COP(=O)(O)OCC(O)COP(=O)(O)OCC(O)COC(=O)CCCCCCCCC/C=C/C=C/C=C/CC. The predicted octanol–water partition coefficient (Wildman–Crippen LogP) is 9.60. The standard InChI is InChI=1S/C45H78O15P2/c1-3-5-7-9-11-13-15-17-19-21-23-25-27-29-31-33-44(49)55-35-41(46)37-57-61(51,52)59-39-43(48)40-60-62(53,54)58-38-42(47)36-56-45(50)34-32-30-28-26-24-22-20-18-16-14-12-10-8-6-4-2/h5-16,41-43,46-48H,3-4,17-40H2,1-2H3,(H,51,52)(H,53,54)/b7-5+,8-6+,11-9+,12-10+,15-13+,16-14+. The molecule has 62 heavy (non-hydrogen) atoms. The number of allylic oxidation sites excluding steroid dienone is 12. The zero-order valence-electron chi connectivity index (χ0n) is 37.3. The Bertz CT molecular complexity index is 1290. The average Bonchev–Trinajstić information content (AvgIpc) is 3.24. The number of phosphoric ester groups is 2. The molecular weight excluding hydrogens is 842 g/mol. The summed E-state index contributed by atoms with van der Waals surface area (Å²) < 4.78 is 52.9. The van der Waals surface area contributed by atoms with E-state index in [4.69, 9.17) is 9.47 Å². The Labute approximate surface area is 371 Å². The largest absolute Gasteiger partial charge is 0.472 e. The van der Waals surface area contributed by atoms with Crippen LogP contribution in [-0.2, 0) is 46.3 Å². The first-order valence-electron chi connectivity index (χ1n) is 22.4. The fourth-order valence-corrected chi connectivity index (χ4v) is 6.92. The summed E-state index contributed by atoms with van der Waals surface area (Å²) in [7, 11) is -9.58. The van der Waals surface area contributed by atoms with Crippen LogP contribution in [0.5, 0.6) is 0 Å². The Morgan fingerprint density at radius 2 is 0.694 bits per heavy atom. The second-order valence-electron chi connectivity index (χ2n) is 14.8. The molecule has 4 unspecified atom stereocenters. The molecule has 15 nitrogen and oxygen atoms in total. The van der Waals surface area contributed by atoms with Gasteiger partial charge in [-0.2, -0.15) is 0 Å². The van der Waals surface area contributed by atoms with Crippen molar-refractivity contribution in [2.24, 2.45) is 0 Å². The third-order valence-corrected chi connectivity index (χ3v) is 10.7. The van der Waals surface area contributed by atoms with E-state index < -0.39 is 85.5 Å². The van der Waals surface area contributed by atoms with Crippen molar-refractivity contribution in [3.8, 4) is 0 Å². The molecule has 0 aromatic heterocycles. The maximum absolute atomic E-state index is 12.1. The molecule has 5 N–H and O–H groups in total. The van der Waals surface area contributed by atoms with Gasteiger partial charge < -0.3 is 34.6 Å². The highest BCUT2D eigenvalue weighted by Crippen LogP contribution is 2.45. The lowest BCUT2D eigenvalue weighted by Gasteiger charge is -2.19. The molecule has 0 radical (unpaired) electrons. The molecule has 0 amide bonds. The van der Waals surface area contributed by atoms with Gasteiger partial charge in [-0.1, -0.05) is 151 Å². The average molecular weight is 921 g/mol. The van der Waals surface area contributed by atoms with Crippen molar-refractivity contribution < 1.29 is 71.4 Å². The molecule has 0 aliphatic carbocycles. The fourth-order valence-electron chi connectivity index (χ4n) is 5.33. The van der Waals surface area contributed by atoms with Crippen molar-refractivity contribution in [3.05, 3.63) is 72.9 Å². The summed E-state index contributed by atoms with van der Waals surface area (Å²) in [5, 5.41) is 30.0. The third-order valence-electron chi connectivity index (χ3n) is 8.78. The second-order valence-corrected chi connectivity index (χ2v) is 17.7. The second kappa shape index (κ2) is 41.2. The molecule has 0 saturated carbocycles. The van der Waals surface area contributed by atoms with Crippen LogP contribution in [0.4, 0.5) is 0 Å². The van der Waals surface area contributed by atoms with Crippen LogP contribution < -0.4 is 0 Å². The first-order valence-corrected chi connectivity index (χ1v) is 25.3. The van der Waals surface area contributed by atoms with Crippen LogP contribution in [0, 0.1) is 0 Å². The summed E-state index contributed by atoms with van der Waals surface area (Å²) in [5.74, 6) is -1.02. The van der Waals surface area contributed by atoms with Crippen LogP contribution in [0.15, 0.2) is 72.9 Å². The first kappa shape index (κ1) is 59.5. The van der Waals surface area contributed by atoms with Crippen molar-refractivity contribution >= 4 is 27.6 Å². The number of aliphatic hydroxyl groups is 3. The van der Waals surface area contributed by atoms with Crippen molar-refractivity contribution in [2.45, 2.75) is 161 Å². The lowest BCUT2D eigenvalue weighted by atomic mass is 10.1. The lowest BCUT2D eigenvalue weighted by molar-refractivity contribution is -0.148. The van der Waals surface area contributed by atoms with Gasteiger partial charge in [0.2, 0.25) is 0 Å². The summed E-state index contributed by atoms with van der Waals surface area (Å²) in [5.41, 5.74) is 0. The van der Waals surface area contributed by atoms with E-state index >= 15 is 0 Å². The van der Waals surface area contributed by atoms with Crippen LogP contribution in [0.2, 0.25) is 0 Å². The number of carbonyl (C=O) groups is 2. The Morgan fingerprint density at radius 3 is 1.02 bits per heavy atom. The van der Waals surface area contributed by atoms with Gasteiger partial charge >= 0.3 is 27.6 Å². The van der Waals surface area contributed by atoms with E-state index in [1.165, 1.54) is 0 Å². The van der Waals surface area contributed by atoms with Crippen LogP contribution in [0.25, 0.3) is 0 Å². The van der Waals surface area contributed by atoms with Gasteiger partial charge in [-0.25, -0.2) is 9.13 Å². The molecule has 0 aliphatic rings. The minimum Gasteiger partial charge on any atom is -0.463 e. The highest BCUT2D eigenvalue weighted by molar-refractivity contribution is 7.47. The smallest absolute Gasteiger partial charge is 0.463 e. The number of esters is 2. The topological polar surface area (TPSA) is 225 Å². The monoisotopic (exact) mass is 920 g/mol. The Morgan fingerprint density at radius 1 is 0.419 bits per heavy atom. The summed E-state index contributed by atoms with van der Waals surface area (Å²) in [4.78, 5) is 43.7. The number of aliphatic hydroxyl groups excluding tert-OH is 3. The van der Waals surface area contributed by atoms with Crippen molar-refractivity contribution in [2.75, 3.05) is 39.6 Å². The normalized spacial score (nSPS) is 15.9. The summed E-state index contributed by atoms with van der Waals surface area (Å²) >= 11 is 0. The van der Waals surface area contributed by atoms with Crippen LogP contribution in [-0.4, -0.2) is 95.0 Å². The molecule has 0 aromatic carbocycles. The van der Waals surface area contributed by atoms with Gasteiger partial charge in [0.1, 0.15) is 31.5 Å². The number of rotatable bonds is 42. The van der Waals surface area contributed by atoms with Crippen LogP contribution in [0.1, 0.15) is 142 Å². The van der Waals surface area contributed by atoms with Gasteiger partial charge in [0.25, 0.3) is 0 Å². The zero-order valence-corrected chi connectivity index (χ0v) is 39.0. The maximum atomic E-state index is 12.1. The van der Waals surface area contributed by atoms with E-state index in [9.17, 15) is 43.8 Å². The van der Waals surface area contributed by atoms with E-state index in [-0.39, 0.29) is 12.8 Å². The minimum atomic E-state index is -4.79. The van der Waals surface area contributed by atoms with E-state index in [1.807, 2.05) is 36.5 Å². The van der Waals surface area contributed by atoms with Crippen molar-refractivity contribution in [1.29, 1.82) is 0 Å². The van der Waals surface area contributed by atoms with Gasteiger partial charge in [-0.15, -0.1) is 0 Å². The molecule has 0 spiro atoms. The Hall–Kier alpha value is -2.52. The minimum absolute atomic E-state index is 0.180. The number of hydrogen-bond acceptors (Lipinski definition) is 13. The molecule has 0 bridgehead atoms. The Kier molecular flexibility index (Phi) is 39.5. The predicted molar refractivity (Wildman–Crippen MR) is 242 cm³/mol. The third kappa shape index (κ3) is 42.8. The quantitative estimate of drug-likeness (QED) is 0.0166. The van der Waals surface area contributed by atoms with Crippen molar-refractivity contribution in [1.82, 2.24) is 0 Å². The lowest BCUT2D eigenvalue weighted by Crippen LogP contribution is -2.25. The zero-order chi connectivity index (χ0) is 46.0. The van der Waals surface area contributed by atoms with E-state index in [1.54, 1.807) is 0 Å². The number of phosphoric acid groups is 2. The van der Waals surface area contributed by atoms with Crippen LogP contribution >= 0.6 is 15.6 Å². The van der Waals surface area contributed by atoms with Crippen molar-refractivity contribution in [3.63, 3.8) is 0 Å². The summed E-state index contributed by atoms with van der Waals surface area (Å²) in [6.07, 6.45) is 38.9. The summed E-state index contributed by atoms with van der Waals surface area (Å²) in [6.45, 7) is 0.103. The number of unbranched alkanes of at least 4 members (excludes halogenated alkanes) is 14. The number of hydrogen-bond donors (Lipinski definition) is 5. The molecule has 0 heterocycles. The van der Waals surface area contributed by atoms with Gasteiger partial charge in [0, 0.05) is 12.8 Å². The molecule has 4 atom stereocenters. The molecule has 17 heteroatoms. The molecule has 358 valence electrons. The highest BCUT2D eigenvalue weighted by Gasteiger charge is 2.28. The van der Waals surface area contributed by atoms with Gasteiger partial charge in [-0.3, -0.25) is 27.7 Å². The maximum Gasteiger partial charge on any atom is 0.472 e. The van der Waals surface area contributed by atoms with E-state index in [0.29, 0.717) is 12.8 Å². The molecule has 0 aromatic rings. The fraction of sp³-hybridized carbons (Fsp3) is 0.689. The van der Waals surface area contributed by atoms with Gasteiger partial charge in [-0.05, 0) is 51.4 Å². The molecule has 0 saturated heterocycles. The molecular formula is C45H78O15P2. The molecule has 0 fully saturated rings. The molecule has 0 rings (SSSR count). The van der Waals surface area contributed by atoms with E-state index in [2.05, 4.69) is 68.4 Å². The number of carbonyl (C=O) groups excluding carboxylic acids is 2. The van der Waals surface area contributed by atoms with E-state index in [0.717, 1.165) is 103 Å². The highest BCUT2D eigenvalue weighted by atomic mass is 31.2. The summed E-state index contributed by atoms with van der Waals surface area (Å²) in [6, 6.07) is 0. The Balaban J connectivity index is 3.94. The number of ether oxygens (including phenoxy) is 2. The first-order chi connectivity index (χ1) is 29.8.